The standard InChI is InChI=1S/C14H17N3/c1-10-3-2-4-12(7-10)17-13(9-15)8-14(16-17)11-5-6-11/h2-4,7-8,11H,5-6,9,15H2,1H3. The largest absolute Gasteiger partial charge is 0.325 e. The summed E-state index contributed by atoms with van der Waals surface area (Å²) in [5, 5.41) is 4.69. The maximum atomic E-state index is 5.80. The highest BCUT2D eigenvalue weighted by molar-refractivity contribution is 5.37. The third-order valence-corrected chi connectivity index (χ3v) is 3.25. The maximum absolute atomic E-state index is 5.80. The second-order valence-corrected chi connectivity index (χ2v) is 4.79. The van der Waals surface area contributed by atoms with Gasteiger partial charge in [0.1, 0.15) is 0 Å². The average Bonchev–Trinajstić information content (AvgIpc) is 3.09. The van der Waals surface area contributed by atoms with Gasteiger partial charge in [-0.15, -0.1) is 0 Å². The summed E-state index contributed by atoms with van der Waals surface area (Å²) in [4.78, 5) is 0. The Morgan fingerprint density at radius 1 is 1.35 bits per heavy atom. The summed E-state index contributed by atoms with van der Waals surface area (Å²) in [6.45, 7) is 2.63. The van der Waals surface area contributed by atoms with Crippen LogP contribution in [0.5, 0.6) is 0 Å². The first-order valence-corrected chi connectivity index (χ1v) is 6.14. The van der Waals surface area contributed by atoms with Crippen molar-refractivity contribution in [1.29, 1.82) is 0 Å². The van der Waals surface area contributed by atoms with Gasteiger partial charge in [0.25, 0.3) is 0 Å². The lowest BCUT2D eigenvalue weighted by atomic mass is 10.2. The molecule has 1 aliphatic carbocycles. The SMILES string of the molecule is Cc1cccc(-n2nc(C3CC3)cc2CN)c1. The topological polar surface area (TPSA) is 43.8 Å². The fourth-order valence-corrected chi connectivity index (χ4v) is 2.15. The van der Waals surface area contributed by atoms with E-state index in [2.05, 4.69) is 37.3 Å². The van der Waals surface area contributed by atoms with E-state index < -0.39 is 0 Å². The van der Waals surface area contributed by atoms with Gasteiger partial charge in [0, 0.05) is 12.5 Å². The molecule has 3 rings (SSSR count). The van der Waals surface area contributed by atoms with E-state index >= 15 is 0 Å². The van der Waals surface area contributed by atoms with Crippen molar-refractivity contribution in [2.24, 2.45) is 5.73 Å². The van der Waals surface area contributed by atoms with Crippen LogP contribution in [0.4, 0.5) is 0 Å². The van der Waals surface area contributed by atoms with E-state index in [0.29, 0.717) is 12.5 Å². The summed E-state index contributed by atoms with van der Waals surface area (Å²) >= 11 is 0. The minimum Gasteiger partial charge on any atom is -0.325 e. The summed E-state index contributed by atoms with van der Waals surface area (Å²) in [6, 6.07) is 10.5. The first kappa shape index (κ1) is 10.5. The van der Waals surface area contributed by atoms with Crippen LogP contribution >= 0.6 is 0 Å². The van der Waals surface area contributed by atoms with Gasteiger partial charge in [0.05, 0.1) is 17.1 Å². The molecule has 0 unspecified atom stereocenters. The predicted octanol–water partition coefficient (Wildman–Crippen LogP) is 2.52. The second kappa shape index (κ2) is 4.00. The lowest BCUT2D eigenvalue weighted by Gasteiger charge is -2.06. The Labute approximate surface area is 101 Å². The summed E-state index contributed by atoms with van der Waals surface area (Å²) < 4.78 is 1.99. The number of hydrogen-bond acceptors (Lipinski definition) is 2. The Kier molecular flexibility index (Phi) is 2.48. The monoisotopic (exact) mass is 227 g/mol. The van der Waals surface area contributed by atoms with Gasteiger partial charge in [-0.05, 0) is 43.5 Å². The quantitative estimate of drug-likeness (QED) is 0.875. The summed E-state index contributed by atoms with van der Waals surface area (Å²) in [5.74, 6) is 0.673. The van der Waals surface area contributed by atoms with Crippen LogP contribution in [0, 0.1) is 6.92 Å². The molecule has 0 spiro atoms. The summed E-state index contributed by atoms with van der Waals surface area (Å²) in [5.41, 5.74) is 10.4. The lowest BCUT2D eigenvalue weighted by molar-refractivity contribution is 0.784. The van der Waals surface area contributed by atoms with Crippen LogP contribution in [0.3, 0.4) is 0 Å². The molecule has 1 aliphatic rings. The van der Waals surface area contributed by atoms with Crippen molar-refractivity contribution in [2.45, 2.75) is 32.2 Å². The summed E-state index contributed by atoms with van der Waals surface area (Å²) in [6.07, 6.45) is 2.55. The molecule has 3 heteroatoms. The van der Waals surface area contributed by atoms with E-state index in [1.54, 1.807) is 0 Å². The molecule has 1 fully saturated rings. The molecule has 1 saturated carbocycles. The van der Waals surface area contributed by atoms with Crippen molar-refractivity contribution in [3.05, 3.63) is 47.3 Å². The van der Waals surface area contributed by atoms with Crippen LogP contribution in [0.15, 0.2) is 30.3 Å². The van der Waals surface area contributed by atoms with Crippen LogP contribution < -0.4 is 5.73 Å². The molecule has 0 bridgehead atoms. The fraction of sp³-hybridized carbons (Fsp3) is 0.357. The number of nitrogens with two attached hydrogens (primary N) is 1. The predicted molar refractivity (Wildman–Crippen MR) is 68.2 cm³/mol. The van der Waals surface area contributed by atoms with E-state index in [-0.39, 0.29) is 0 Å². The van der Waals surface area contributed by atoms with Gasteiger partial charge >= 0.3 is 0 Å². The Bertz CT molecular complexity index is 538. The molecule has 2 aromatic rings. The first-order valence-electron chi connectivity index (χ1n) is 6.14. The van der Waals surface area contributed by atoms with Crippen molar-refractivity contribution in [3.8, 4) is 5.69 Å². The molecule has 1 aromatic heterocycles. The average molecular weight is 227 g/mol. The van der Waals surface area contributed by atoms with Crippen LogP contribution in [0.2, 0.25) is 0 Å². The molecule has 0 aliphatic heterocycles. The van der Waals surface area contributed by atoms with Crippen LogP contribution in [0.25, 0.3) is 5.69 Å². The zero-order valence-corrected chi connectivity index (χ0v) is 10.1. The minimum absolute atomic E-state index is 0.535. The Hall–Kier alpha value is -1.61. The van der Waals surface area contributed by atoms with Gasteiger partial charge in [-0.3, -0.25) is 0 Å². The molecular weight excluding hydrogens is 210 g/mol. The molecule has 0 amide bonds. The van der Waals surface area contributed by atoms with Crippen molar-refractivity contribution in [3.63, 3.8) is 0 Å². The molecule has 1 aromatic carbocycles. The molecule has 88 valence electrons. The highest BCUT2D eigenvalue weighted by atomic mass is 15.3. The first-order chi connectivity index (χ1) is 8.28. The van der Waals surface area contributed by atoms with E-state index in [1.165, 1.54) is 24.1 Å². The summed E-state index contributed by atoms with van der Waals surface area (Å²) in [7, 11) is 0. The Morgan fingerprint density at radius 3 is 2.82 bits per heavy atom. The smallest absolute Gasteiger partial charge is 0.0663 e. The third-order valence-electron chi connectivity index (χ3n) is 3.25. The molecule has 3 nitrogen and oxygen atoms in total. The molecule has 1 heterocycles. The van der Waals surface area contributed by atoms with Crippen molar-refractivity contribution < 1.29 is 0 Å². The van der Waals surface area contributed by atoms with Crippen LogP contribution in [-0.2, 0) is 6.54 Å². The van der Waals surface area contributed by atoms with Crippen molar-refractivity contribution in [1.82, 2.24) is 9.78 Å². The molecular formula is C14H17N3. The van der Waals surface area contributed by atoms with E-state index in [1.807, 2.05) is 4.68 Å². The zero-order valence-electron chi connectivity index (χ0n) is 10.1. The normalized spacial score (nSPS) is 15.2. The van der Waals surface area contributed by atoms with Gasteiger partial charge in [-0.1, -0.05) is 12.1 Å². The third kappa shape index (κ3) is 1.98. The number of hydrogen-bond donors (Lipinski definition) is 1. The fourth-order valence-electron chi connectivity index (χ4n) is 2.15. The zero-order chi connectivity index (χ0) is 11.8. The van der Waals surface area contributed by atoms with Gasteiger partial charge in [-0.2, -0.15) is 5.10 Å². The van der Waals surface area contributed by atoms with Gasteiger partial charge in [-0.25, -0.2) is 4.68 Å². The number of aryl methyl sites for hydroxylation is 1. The number of nitrogens with zero attached hydrogens (tertiary/aromatic N) is 2. The number of benzene rings is 1. The van der Waals surface area contributed by atoms with E-state index in [9.17, 15) is 0 Å². The number of aromatic nitrogens is 2. The molecule has 17 heavy (non-hydrogen) atoms. The Morgan fingerprint density at radius 2 is 2.18 bits per heavy atom. The van der Waals surface area contributed by atoms with Crippen LogP contribution in [-0.4, -0.2) is 9.78 Å². The van der Waals surface area contributed by atoms with Gasteiger partial charge in [0.15, 0.2) is 0 Å². The molecule has 0 saturated heterocycles. The molecule has 2 N–H and O–H groups in total. The van der Waals surface area contributed by atoms with E-state index in [0.717, 1.165) is 11.4 Å². The van der Waals surface area contributed by atoms with Crippen molar-refractivity contribution in [2.75, 3.05) is 0 Å². The minimum atomic E-state index is 0.535. The molecule has 0 radical (unpaired) electrons. The highest BCUT2D eigenvalue weighted by Gasteiger charge is 2.27. The van der Waals surface area contributed by atoms with Crippen molar-refractivity contribution >= 4 is 0 Å². The van der Waals surface area contributed by atoms with Crippen LogP contribution in [0.1, 0.15) is 35.7 Å². The van der Waals surface area contributed by atoms with E-state index in [4.69, 9.17) is 10.8 Å². The Balaban J connectivity index is 2.06. The van der Waals surface area contributed by atoms with Gasteiger partial charge < -0.3 is 5.73 Å². The second-order valence-electron chi connectivity index (χ2n) is 4.79. The maximum Gasteiger partial charge on any atom is 0.0663 e. The highest BCUT2D eigenvalue weighted by Crippen LogP contribution is 2.39. The van der Waals surface area contributed by atoms with Gasteiger partial charge in [0.2, 0.25) is 0 Å². The lowest BCUT2D eigenvalue weighted by Crippen LogP contribution is -2.06. The molecule has 0 atom stereocenters. The number of rotatable bonds is 3.